The second-order valence-electron chi connectivity index (χ2n) is 1.81. The van der Waals surface area contributed by atoms with Crippen molar-refractivity contribution < 1.29 is 19.2 Å². The molecule has 5 nitrogen and oxygen atoms in total. The highest BCUT2D eigenvalue weighted by molar-refractivity contribution is 7.53. The van der Waals surface area contributed by atoms with Crippen molar-refractivity contribution in [2.24, 2.45) is 5.16 Å². The molecular weight excluding hydrogens is 157 g/mol. The Morgan fingerprint density at radius 3 is 2.60 bits per heavy atom. The van der Waals surface area contributed by atoms with E-state index in [0.29, 0.717) is 0 Å². The van der Waals surface area contributed by atoms with Crippen LogP contribution < -0.4 is 0 Å². The minimum absolute atomic E-state index is 0.174. The van der Waals surface area contributed by atoms with Crippen LogP contribution in [0.5, 0.6) is 0 Å². The Morgan fingerprint density at radius 2 is 2.30 bits per heavy atom. The maximum absolute atomic E-state index is 10.7. The summed E-state index contributed by atoms with van der Waals surface area (Å²) in [6.07, 6.45) is -0.236. The molecule has 0 rings (SSSR count). The van der Waals surface area contributed by atoms with Gasteiger partial charge in [0.15, 0.2) is 0 Å². The Kier molecular flexibility index (Phi) is 3.57. The third-order valence-electron chi connectivity index (χ3n) is 0.885. The molecule has 0 amide bonds. The van der Waals surface area contributed by atoms with Crippen LogP contribution in [0.4, 0.5) is 0 Å². The van der Waals surface area contributed by atoms with Crippen molar-refractivity contribution in [1.29, 1.82) is 0 Å². The number of nitrogens with zero attached hydrogens (tertiary/aromatic N) is 1. The zero-order valence-electron chi connectivity index (χ0n) is 5.81. The summed E-state index contributed by atoms with van der Waals surface area (Å²) in [6.45, 7) is 1.43. The van der Waals surface area contributed by atoms with Gasteiger partial charge < -0.3 is 14.6 Å². The van der Waals surface area contributed by atoms with E-state index < -0.39 is 7.60 Å². The molecule has 0 aromatic heterocycles. The summed E-state index contributed by atoms with van der Waals surface area (Å²) in [5, 5.41) is 10.8. The van der Waals surface area contributed by atoms with Gasteiger partial charge in [-0.1, -0.05) is 5.16 Å². The predicted octanol–water partition coefficient (Wildman–Crippen LogP) is 0.668. The van der Waals surface area contributed by atoms with Crippen LogP contribution in [0.1, 0.15) is 6.92 Å². The summed E-state index contributed by atoms with van der Waals surface area (Å²) in [5.74, 6) is 0. The quantitative estimate of drug-likeness (QED) is 0.280. The van der Waals surface area contributed by atoms with Gasteiger partial charge >= 0.3 is 7.60 Å². The van der Waals surface area contributed by atoms with Gasteiger partial charge in [0.1, 0.15) is 0 Å². The molecule has 0 aliphatic rings. The van der Waals surface area contributed by atoms with Gasteiger partial charge in [-0.15, -0.1) is 0 Å². The molecule has 60 valence electrons. The summed E-state index contributed by atoms with van der Waals surface area (Å²) in [7, 11) is -2.41. The highest BCUT2D eigenvalue weighted by Crippen LogP contribution is 2.40. The van der Waals surface area contributed by atoms with Crippen LogP contribution in [-0.2, 0) is 9.09 Å². The lowest BCUT2D eigenvalue weighted by Gasteiger charge is -2.05. The van der Waals surface area contributed by atoms with Crippen molar-refractivity contribution in [1.82, 2.24) is 0 Å². The third kappa shape index (κ3) is 3.61. The van der Waals surface area contributed by atoms with Crippen molar-refractivity contribution in [3.8, 4) is 0 Å². The lowest BCUT2D eigenvalue weighted by atomic mass is 10.5. The number of rotatable bonds is 3. The van der Waals surface area contributed by atoms with Gasteiger partial charge in [-0.25, -0.2) is 0 Å². The largest absolute Gasteiger partial charge is 0.411 e. The molecule has 0 saturated carbocycles. The van der Waals surface area contributed by atoms with Crippen LogP contribution in [0.3, 0.4) is 0 Å². The molecule has 6 heteroatoms. The SMILES string of the molecule is COP(=O)(O)CC(C)=NO. The van der Waals surface area contributed by atoms with Crippen LogP contribution in [0.25, 0.3) is 0 Å². The fourth-order valence-electron chi connectivity index (χ4n) is 0.385. The standard InChI is InChI=1S/C4H10NO4P/c1-4(5-6)3-10(7,8)9-2/h6H,3H2,1-2H3,(H,7,8). The Bertz CT molecular complexity index is 178. The van der Waals surface area contributed by atoms with Gasteiger partial charge in [-0.05, 0) is 6.92 Å². The van der Waals surface area contributed by atoms with Crippen molar-refractivity contribution in [3.63, 3.8) is 0 Å². The molecule has 10 heavy (non-hydrogen) atoms. The summed E-state index contributed by atoms with van der Waals surface area (Å²) in [4.78, 5) is 8.77. The first-order valence-electron chi connectivity index (χ1n) is 2.57. The van der Waals surface area contributed by atoms with E-state index in [4.69, 9.17) is 10.1 Å². The summed E-state index contributed by atoms with van der Waals surface area (Å²) >= 11 is 0. The van der Waals surface area contributed by atoms with Crippen LogP contribution in [0.2, 0.25) is 0 Å². The van der Waals surface area contributed by atoms with Crippen molar-refractivity contribution in [2.75, 3.05) is 13.3 Å². The maximum atomic E-state index is 10.7. The highest BCUT2D eigenvalue weighted by atomic mass is 31.2. The van der Waals surface area contributed by atoms with Crippen LogP contribution in [0.15, 0.2) is 5.16 Å². The number of oxime groups is 1. The minimum Gasteiger partial charge on any atom is -0.411 e. The summed E-state index contributed by atoms with van der Waals surface area (Å²) < 4.78 is 14.9. The number of hydrogen-bond acceptors (Lipinski definition) is 4. The Balaban J connectivity index is 4.02. The molecule has 0 aliphatic carbocycles. The van der Waals surface area contributed by atoms with Crippen molar-refractivity contribution in [3.05, 3.63) is 0 Å². The lowest BCUT2D eigenvalue weighted by molar-refractivity contribution is 0.311. The van der Waals surface area contributed by atoms with Gasteiger partial charge in [-0.2, -0.15) is 0 Å². The number of hydrogen-bond donors (Lipinski definition) is 2. The molecule has 0 bridgehead atoms. The van der Waals surface area contributed by atoms with Gasteiger partial charge in [0.25, 0.3) is 0 Å². The monoisotopic (exact) mass is 167 g/mol. The molecule has 0 aromatic rings. The molecule has 0 saturated heterocycles. The Morgan fingerprint density at radius 1 is 1.80 bits per heavy atom. The fraction of sp³-hybridized carbons (Fsp3) is 0.750. The van der Waals surface area contributed by atoms with E-state index >= 15 is 0 Å². The van der Waals surface area contributed by atoms with Crippen LogP contribution in [-0.4, -0.2) is 29.1 Å². The molecule has 0 heterocycles. The van der Waals surface area contributed by atoms with E-state index in [9.17, 15) is 4.57 Å². The Hall–Kier alpha value is -0.380. The zero-order chi connectivity index (χ0) is 8.20. The highest BCUT2D eigenvalue weighted by Gasteiger charge is 2.18. The van der Waals surface area contributed by atoms with Crippen LogP contribution in [0, 0.1) is 0 Å². The molecule has 0 spiro atoms. The molecular formula is C4H10NO4P. The van der Waals surface area contributed by atoms with Crippen molar-refractivity contribution in [2.45, 2.75) is 6.92 Å². The average molecular weight is 167 g/mol. The third-order valence-corrected chi connectivity index (χ3v) is 2.31. The smallest absolute Gasteiger partial charge is 0.333 e. The zero-order valence-corrected chi connectivity index (χ0v) is 6.71. The first-order chi connectivity index (χ1) is 4.52. The van der Waals surface area contributed by atoms with Gasteiger partial charge in [-0.3, -0.25) is 4.57 Å². The van der Waals surface area contributed by atoms with Crippen LogP contribution >= 0.6 is 7.60 Å². The predicted molar refractivity (Wildman–Crippen MR) is 36.6 cm³/mol. The average Bonchev–Trinajstić information content (AvgIpc) is 1.87. The van der Waals surface area contributed by atoms with E-state index in [1.165, 1.54) is 6.92 Å². The normalized spacial score (nSPS) is 18.5. The molecule has 1 unspecified atom stereocenters. The maximum Gasteiger partial charge on any atom is 0.333 e. The molecule has 0 radical (unpaired) electrons. The van der Waals surface area contributed by atoms with Crippen molar-refractivity contribution >= 4 is 13.3 Å². The summed E-state index contributed by atoms with van der Waals surface area (Å²) in [5.41, 5.74) is 0.174. The van der Waals surface area contributed by atoms with E-state index in [0.717, 1.165) is 7.11 Å². The molecule has 1 atom stereocenters. The second kappa shape index (κ2) is 3.71. The molecule has 2 N–H and O–H groups in total. The van der Waals surface area contributed by atoms with Gasteiger partial charge in [0, 0.05) is 7.11 Å². The van der Waals surface area contributed by atoms with E-state index in [1.54, 1.807) is 0 Å². The van der Waals surface area contributed by atoms with E-state index in [2.05, 4.69) is 9.68 Å². The van der Waals surface area contributed by atoms with Gasteiger partial charge in [0.2, 0.25) is 0 Å². The molecule has 0 aromatic carbocycles. The van der Waals surface area contributed by atoms with E-state index in [-0.39, 0.29) is 11.9 Å². The first-order valence-corrected chi connectivity index (χ1v) is 4.33. The molecule has 0 fully saturated rings. The first kappa shape index (κ1) is 9.62. The Labute approximate surface area is 58.8 Å². The minimum atomic E-state index is -3.54. The molecule has 0 aliphatic heterocycles. The topological polar surface area (TPSA) is 79.1 Å². The second-order valence-corrected chi connectivity index (χ2v) is 3.77. The fourth-order valence-corrected chi connectivity index (χ4v) is 1.16. The lowest BCUT2D eigenvalue weighted by Crippen LogP contribution is -2.01. The van der Waals surface area contributed by atoms with Gasteiger partial charge in [0.05, 0.1) is 11.9 Å². The van der Waals surface area contributed by atoms with E-state index in [1.807, 2.05) is 0 Å². The summed E-state index contributed by atoms with van der Waals surface area (Å²) in [6, 6.07) is 0.